The highest BCUT2D eigenvalue weighted by atomic mass is 16.1. The van der Waals surface area contributed by atoms with Crippen LogP contribution in [-0.2, 0) is 0 Å². The van der Waals surface area contributed by atoms with Crippen molar-refractivity contribution in [3.05, 3.63) is 59.7 Å². The quantitative estimate of drug-likeness (QED) is 0.859. The minimum absolute atomic E-state index is 0.0968. The molecule has 4 rings (SSSR count). The lowest BCUT2D eigenvalue weighted by Gasteiger charge is -2.08. The van der Waals surface area contributed by atoms with Gasteiger partial charge in [0.05, 0.1) is 5.69 Å². The molecule has 0 saturated heterocycles. The standard InChI is InChI=1S/C16H10N2O2/c19-15-9-5-1-3-7-11(9)17-13(15)14-16(20)10-6-2-4-8-12(10)18-14/h1-8,13,17H. The maximum Gasteiger partial charge on any atom is 0.212 e. The van der Waals surface area contributed by atoms with Crippen molar-refractivity contribution >= 4 is 28.7 Å². The molecule has 0 bridgehead atoms. The summed E-state index contributed by atoms with van der Waals surface area (Å²) < 4.78 is 0. The normalized spacial score (nSPS) is 19.4. The summed E-state index contributed by atoms with van der Waals surface area (Å²) in [5.41, 5.74) is 2.86. The van der Waals surface area contributed by atoms with Crippen molar-refractivity contribution in [2.45, 2.75) is 6.04 Å². The molecule has 0 saturated carbocycles. The van der Waals surface area contributed by atoms with Crippen molar-refractivity contribution in [2.75, 3.05) is 5.32 Å². The number of hydrogen-bond donors (Lipinski definition) is 1. The fraction of sp³-hybridized carbons (Fsp3) is 0.0625. The zero-order chi connectivity index (χ0) is 13.7. The molecule has 2 aliphatic rings. The molecule has 1 unspecified atom stereocenters. The molecule has 2 aromatic rings. The molecule has 0 fully saturated rings. The number of rotatable bonds is 1. The number of ketones is 2. The third-order valence-electron chi connectivity index (χ3n) is 3.65. The molecule has 0 aliphatic carbocycles. The number of carbonyl (C=O) groups is 2. The van der Waals surface area contributed by atoms with Gasteiger partial charge in [0, 0.05) is 16.8 Å². The highest BCUT2D eigenvalue weighted by molar-refractivity contribution is 6.55. The van der Waals surface area contributed by atoms with Crippen LogP contribution in [0.5, 0.6) is 0 Å². The molecule has 0 aromatic heterocycles. The molecule has 96 valence electrons. The van der Waals surface area contributed by atoms with Gasteiger partial charge in [-0.3, -0.25) is 9.59 Å². The number of anilines is 1. The van der Waals surface area contributed by atoms with Gasteiger partial charge in [0.1, 0.15) is 11.8 Å². The average molecular weight is 262 g/mol. The minimum atomic E-state index is -0.674. The molecule has 2 aromatic carbocycles. The molecule has 4 nitrogen and oxygen atoms in total. The molecule has 20 heavy (non-hydrogen) atoms. The van der Waals surface area contributed by atoms with E-state index in [1.54, 1.807) is 24.3 Å². The number of aliphatic imine (C=N–C) groups is 1. The van der Waals surface area contributed by atoms with Gasteiger partial charge in [-0.1, -0.05) is 24.3 Å². The van der Waals surface area contributed by atoms with Crippen LogP contribution in [0.15, 0.2) is 53.5 Å². The van der Waals surface area contributed by atoms with Crippen LogP contribution in [0, 0.1) is 0 Å². The first kappa shape index (κ1) is 11.1. The van der Waals surface area contributed by atoms with Crippen LogP contribution in [0.3, 0.4) is 0 Å². The number of fused-ring (bicyclic) bond motifs is 2. The summed E-state index contributed by atoms with van der Waals surface area (Å²) in [6.07, 6.45) is 0. The second kappa shape index (κ2) is 3.87. The lowest BCUT2D eigenvalue weighted by atomic mass is 10.00. The number of benzene rings is 2. The third kappa shape index (κ3) is 1.39. The molecule has 2 heterocycles. The monoisotopic (exact) mass is 262 g/mol. The number of hydrogen-bond acceptors (Lipinski definition) is 4. The number of nitrogens with zero attached hydrogens (tertiary/aromatic N) is 1. The van der Waals surface area contributed by atoms with Crippen LogP contribution in [0.2, 0.25) is 0 Å². The first-order chi connectivity index (χ1) is 9.75. The largest absolute Gasteiger partial charge is 0.369 e. The Balaban J connectivity index is 1.76. The predicted molar refractivity (Wildman–Crippen MR) is 76.1 cm³/mol. The first-order valence-electron chi connectivity index (χ1n) is 6.38. The smallest absolute Gasteiger partial charge is 0.212 e. The minimum Gasteiger partial charge on any atom is -0.369 e. The summed E-state index contributed by atoms with van der Waals surface area (Å²) in [4.78, 5) is 29.1. The Bertz CT molecular complexity index is 793. The maximum atomic E-state index is 12.4. The van der Waals surface area contributed by atoms with E-state index < -0.39 is 6.04 Å². The number of Topliss-reactive ketones (excluding diaryl/α,β-unsaturated/α-hetero) is 2. The molecular weight excluding hydrogens is 252 g/mol. The lowest BCUT2D eigenvalue weighted by molar-refractivity contribution is 0.0984. The van der Waals surface area contributed by atoms with E-state index in [1.807, 2.05) is 24.3 Å². The molecule has 0 spiro atoms. The summed E-state index contributed by atoms with van der Waals surface area (Å²) in [6, 6.07) is 13.7. The van der Waals surface area contributed by atoms with Gasteiger partial charge in [0.25, 0.3) is 0 Å². The predicted octanol–water partition coefficient (Wildman–Crippen LogP) is 2.63. The van der Waals surface area contributed by atoms with E-state index in [0.717, 1.165) is 5.69 Å². The maximum absolute atomic E-state index is 12.4. The topological polar surface area (TPSA) is 58.5 Å². The van der Waals surface area contributed by atoms with Gasteiger partial charge in [-0.2, -0.15) is 0 Å². The zero-order valence-corrected chi connectivity index (χ0v) is 10.5. The second-order valence-corrected chi connectivity index (χ2v) is 4.83. The molecule has 4 heteroatoms. The van der Waals surface area contributed by atoms with Crippen molar-refractivity contribution < 1.29 is 9.59 Å². The van der Waals surface area contributed by atoms with Gasteiger partial charge >= 0.3 is 0 Å². The van der Waals surface area contributed by atoms with Crippen LogP contribution in [-0.4, -0.2) is 23.3 Å². The zero-order valence-electron chi connectivity index (χ0n) is 10.5. The van der Waals surface area contributed by atoms with Crippen LogP contribution in [0.4, 0.5) is 11.4 Å². The molecular formula is C16H10N2O2. The first-order valence-corrected chi connectivity index (χ1v) is 6.38. The average Bonchev–Trinajstić information content (AvgIpc) is 2.98. The van der Waals surface area contributed by atoms with Gasteiger partial charge in [0.15, 0.2) is 5.78 Å². The summed E-state index contributed by atoms with van der Waals surface area (Å²) in [5.74, 6) is -0.264. The van der Waals surface area contributed by atoms with E-state index in [9.17, 15) is 9.59 Å². The van der Waals surface area contributed by atoms with E-state index in [-0.39, 0.29) is 17.3 Å². The molecule has 1 N–H and O–H groups in total. The van der Waals surface area contributed by atoms with Crippen LogP contribution < -0.4 is 5.32 Å². The summed E-state index contributed by atoms with van der Waals surface area (Å²) in [6.45, 7) is 0. The molecule has 0 amide bonds. The Morgan fingerprint density at radius 1 is 0.900 bits per heavy atom. The second-order valence-electron chi connectivity index (χ2n) is 4.83. The Morgan fingerprint density at radius 2 is 1.60 bits per heavy atom. The summed E-state index contributed by atoms with van der Waals surface area (Å²) >= 11 is 0. The van der Waals surface area contributed by atoms with Crippen molar-refractivity contribution in [1.82, 2.24) is 0 Å². The molecule has 0 radical (unpaired) electrons. The summed E-state index contributed by atoms with van der Waals surface area (Å²) in [7, 11) is 0. The number of carbonyl (C=O) groups excluding carboxylic acids is 2. The van der Waals surface area contributed by atoms with E-state index in [4.69, 9.17) is 0 Å². The molecule has 2 aliphatic heterocycles. The van der Waals surface area contributed by atoms with Crippen molar-refractivity contribution in [3.8, 4) is 0 Å². The van der Waals surface area contributed by atoms with E-state index in [1.165, 1.54) is 0 Å². The number of nitrogens with one attached hydrogen (secondary N) is 1. The number of para-hydroxylation sites is 2. The van der Waals surface area contributed by atoms with Crippen LogP contribution >= 0.6 is 0 Å². The van der Waals surface area contributed by atoms with Gasteiger partial charge in [-0.15, -0.1) is 0 Å². The Hall–Kier alpha value is -2.75. The lowest BCUT2D eigenvalue weighted by Crippen LogP contribution is -2.35. The highest BCUT2D eigenvalue weighted by Crippen LogP contribution is 2.32. The van der Waals surface area contributed by atoms with Crippen molar-refractivity contribution in [2.24, 2.45) is 4.99 Å². The Kier molecular flexibility index (Phi) is 2.15. The SMILES string of the molecule is O=C1C(C2Nc3ccccc3C2=O)=Nc2ccccc21. The fourth-order valence-electron chi connectivity index (χ4n) is 2.67. The van der Waals surface area contributed by atoms with E-state index >= 15 is 0 Å². The third-order valence-corrected chi connectivity index (χ3v) is 3.65. The van der Waals surface area contributed by atoms with Crippen molar-refractivity contribution in [1.29, 1.82) is 0 Å². The van der Waals surface area contributed by atoms with Crippen LogP contribution in [0.1, 0.15) is 20.7 Å². The van der Waals surface area contributed by atoms with Gasteiger partial charge in [-0.25, -0.2) is 4.99 Å². The van der Waals surface area contributed by atoms with E-state index in [0.29, 0.717) is 16.8 Å². The summed E-state index contributed by atoms with van der Waals surface area (Å²) in [5, 5.41) is 3.09. The highest BCUT2D eigenvalue weighted by Gasteiger charge is 2.39. The Morgan fingerprint density at radius 3 is 2.35 bits per heavy atom. The van der Waals surface area contributed by atoms with Crippen molar-refractivity contribution in [3.63, 3.8) is 0 Å². The molecule has 1 atom stereocenters. The van der Waals surface area contributed by atoms with E-state index in [2.05, 4.69) is 10.3 Å². The van der Waals surface area contributed by atoms with Gasteiger partial charge in [-0.05, 0) is 24.3 Å². The van der Waals surface area contributed by atoms with Gasteiger partial charge < -0.3 is 5.32 Å². The van der Waals surface area contributed by atoms with Crippen LogP contribution in [0.25, 0.3) is 0 Å². The fourth-order valence-corrected chi connectivity index (χ4v) is 2.67. The van der Waals surface area contributed by atoms with Gasteiger partial charge in [0.2, 0.25) is 5.78 Å². The Labute approximate surface area is 115 Å².